The zero-order chi connectivity index (χ0) is 23.3. The maximum atomic E-state index is 14.1. The van der Waals surface area contributed by atoms with Gasteiger partial charge >= 0.3 is 0 Å². The molecule has 2 bridgehead atoms. The minimum absolute atomic E-state index is 0.0783. The lowest BCUT2D eigenvalue weighted by Crippen LogP contribution is -2.53. The van der Waals surface area contributed by atoms with Crippen molar-refractivity contribution in [3.63, 3.8) is 0 Å². The van der Waals surface area contributed by atoms with Crippen LogP contribution < -0.4 is 0 Å². The molecule has 1 fully saturated rings. The van der Waals surface area contributed by atoms with Gasteiger partial charge in [-0.3, -0.25) is 14.9 Å². The number of aromatic nitrogens is 2. The lowest BCUT2D eigenvalue weighted by Gasteiger charge is -2.42. The number of hydrogen-bond acceptors (Lipinski definition) is 7. The van der Waals surface area contributed by atoms with E-state index < -0.39 is 21.2 Å². The van der Waals surface area contributed by atoms with Crippen LogP contribution in [0, 0.1) is 38.2 Å². The van der Waals surface area contributed by atoms with Gasteiger partial charge in [-0.05, 0) is 24.3 Å². The molecule has 1 aromatic carbocycles. The molecule has 4 rings (SSSR count). The van der Waals surface area contributed by atoms with E-state index in [0.29, 0.717) is 23.1 Å². The minimum Gasteiger partial charge on any atom is -0.340 e. The molecule has 1 amide bonds. The average molecular weight is 432 g/mol. The summed E-state index contributed by atoms with van der Waals surface area (Å²) in [6, 6.07) is 8.57. The smallest absolute Gasteiger partial charge is 0.271 e. The van der Waals surface area contributed by atoms with Gasteiger partial charge in [-0.1, -0.05) is 20.8 Å². The first-order valence-corrected chi connectivity index (χ1v) is 10.6. The van der Waals surface area contributed by atoms with Gasteiger partial charge in [0.1, 0.15) is 0 Å². The molecule has 0 aliphatic heterocycles. The van der Waals surface area contributed by atoms with E-state index in [1.807, 2.05) is 0 Å². The first-order valence-electron chi connectivity index (χ1n) is 10.6. The highest BCUT2D eigenvalue weighted by molar-refractivity contribution is 5.93. The topological polar surface area (TPSA) is 137 Å². The van der Waals surface area contributed by atoms with Crippen molar-refractivity contribution in [2.75, 3.05) is 13.1 Å². The highest BCUT2D eigenvalue weighted by atomic mass is 16.6. The molecule has 9 heteroatoms. The summed E-state index contributed by atoms with van der Waals surface area (Å²) in [4.78, 5) is 36.2. The number of nitro benzene ring substituents is 1. The molecule has 2 unspecified atom stereocenters. The second-order valence-corrected chi connectivity index (χ2v) is 9.32. The molecule has 0 spiro atoms. The van der Waals surface area contributed by atoms with Gasteiger partial charge in [0, 0.05) is 30.6 Å². The number of carbonyl (C=O) groups excluding carboxylic acids is 1. The Kier molecular flexibility index (Phi) is 4.89. The quantitative estimate of drug-likeness (QED) is 0.503. The highest BCUT2D eigenvalue weighted by Gasteiger charge is 2.73. The molecule has 1 saturated carbocycles. The lowest BCUT2D eigenvalue weighted by molar-refractivity contribution is -0.384. The first-order chi connectivity index (χ1) is 15.1. The summed E-state index contributed by atoms with van der Waals surface area (Å²) in [5, 5.41) is 29.4. The van der Waals surface area contributed by atoms with E-state index in [1.165, 1.54) is 12.1 Å². The van der Waals surface area contributed by atoms with E-state index in [9.17, 15) is 14.9 Å². The number of fused-ring (bicyclic) bond motifs is 6. The number of nitro groups is 1. The van der Waals surface area contributed by atoms with E-state index in [4.69, 9.17) is 20.5 Å². The number of amides is 1. The molecule has 0 N–H and O–H groups in total. The van der Waals surface area contributed by atoms with E-state index in [-0.39, 0.29) is 37.5 Å². The third-order valence-electron chi connectivity index (χ3n) is 7.87. The van der Waals surface area contributed by atoms with Crippen LogP contribution in [-0.2, 0) is 15.6 Å². The van der Waals surface area contributed by atoms with Crippen LogP contribution in [0.1, 0.15) is 57.8 Å². The molecule has 2 atom stereocenters. The number of benzene rings is 1. The standard InChI is InChI=1S/C23H24N6O3/c1-21(2)22(3)8-9-23(21,20(30)28(12-4-10-24)13-5-11-25)19-18(22)26-16-7-6-15(29(31)32)14-17(16)27-19/h6-7,14H,4-5,8-9,12-13H2,1-3H3. The minimum atomic E-state index is -0.964. The van der Waals surface area contributed by atoms with Crippen LogP contribution in [0.25, 0.3) is 11.0 Å². The van der Waals surface area contributed by atoms with Crippen LogP contribution in [0.3, 0.4) is 0 Å². The number of rotatable bonds is 6. The lowest BCUT2D eigenvalue weighted by atomic mass is 9.63. The molecule has 0 saturated heterocycles. The summed E-state index contributed by atoms with van der Waals surface area (Å²) in [5.41, 5.74) is 0.345. The number of non-ortho nitro benzene ring substituents is 1. The molecule has 1 heterocycles. The second kappa shape index (κ2) is 7.23. The van der Waals surface area contributed by atoms with E-state index in [2.05, 4.69) is 32.9 Å². The van der Waals surface area contributed by atoms with Gasteiger partial charge in [-0.15, -0.1) is 0 Å². The number of nitriles is 2. The molecule has 164 valence electrons. The Morgan fingerprint density at radius 3 is 2.31 bits per heavy atom. The van der Waals surface area contributed by atoms with Gasteiger partial charge in [0.25, 0.3) is 5.69 Å². The van der Waals surface area contributed by atoms with Gasteiger partial charge in [0.15, 0.2) is 0 Å². The fourth-order valence-electron chi connectivity index (χ4n) is 5.63. The Bertz CT molecular complexity index is 1210. The van der Waals surface area contributed by atoms with E-state index in [0.717, 1.165) is 12.1 Å². The van der Waals surface area contributed by atoms with Gasteiger partial charge in [-0.25, -0.2) is 9.97 Å². The van der Waals surface area contributed by atoms with E-state index in [1.54, 1.807) is 11.0 Å². The van der Waals surface area contributed by atoms with Crippen LogP contribution in [0.2, 0.25) is 0 Å². The summed E-state index contributed by atoms with van der Waals surface area (Å²) in [7, 11) is 0. The Labute approximate surface area is 185 Å². The van der Waals surface area contributed by atoms with Crippen LogP contribution in [0.15, 0.2) is 18.2 Å². The predicted molar refractivity (Wildman–Crippen MR) is 115 cm³/mol. The average Bonchev–Trinajstić information content (AvgIpc) is 3.06. The van der Waals surface area contributed by atoms with Gasteiger partial charge in [0.2, 0.25) is 5.91 Å². The van der Waals surface area contributed by atoms with Crippen LogP contribution in [0.5, 0.6) is 0 Å². The first kappa shape index (κ1) is 21.6. The normalized spacial score (nSPS) is 24.5. The predicted octanol–water partition coefficient (Wildman–Crippen LogP) is 3.52. The molecule has 2 aromatic rings. The number of nitrogens with zero attached hydrogens (tertiary/aromatic N) is 6. The molecule has 2 aliphatic rings. The number of carbonyl (C=O) groups is 1. The molecule has 2 aliphatic carbocycles. The Hall–Kier alpha value is -3.59. The molecule has 32 heavy (non-hydrogen) atoms. The SMILES string of the molecule is CC12CCC(C(=O)N(CCC#N)CCC#N)(c3nc4cc([N+](=O)[O-])ccc4nc31)C2(C)C. The fourth-order valence-corrected chi connectivity index (χ4v) is 5.63. The van der Waals surface area contributed by atoms with Crippen molar-refractivity contribution in [2.45, 2.75) is 57.3 Å². The molecule has 0 radical (unpaired) electrons. The third kappa shape index (κ3) is 2.64. The van der Waals surface area contributed by atoms with Crippen molar-refractivity contribution in [1.82, 2.24) is 14.9 Å². The number of hydrogen-bond donors (Lipinski definition) is 0. The molecular weight excluding hydrogens is 408 g/mol. The Morgan fingerprint density at radius 2 is 1.72 bits per heavy atom. The maximum Gasteiger partial charge on any atom is 0.271 e. The van der Waals surface area contributed by atoms with Crippen LogP contribution in [0.4, 0.5) is 5.69 Å². The summed E-state index contributed by atoms with van der Waals surface area (Å²) in [6.07, 6.45) is 1.68. The van der Waals surface area contributed by atoms with Gasteiger partial charge in [0.05, 0.1) is 57.7 Å². The largest absolute Gasteiger partial charge is 0.340 e. The molecular formula is C23H24N6O3. The summed E-state index contributed by atoms with van der Waals surface area (Å²) < 4.78 is 0. The summed E-state index contributed by atoms with van der Waals surface area (Å²) in [6.45, 7) is 6.71. The van der Waals surface area contributed by atoms with Crippen molar-refractivity contribution < 1.29 is 9.72 Å². The second-order valence-electron chi connectivity index (χ2n) is 9.32. The Morgan fingerprint density at radius 1 is 1.09 bits per heavy atom. The fraction of sp³-hybridized carbons (Fsp3) is 0.522. The molecule has 9 nitrogen and oxygen atoms in total. The zero-order valence-corrected chi connectivity index (χ0v) is 18.4. The van der Waals surface area contributed by atoms with Crippen LogP contribution >= 0.6 is 0 Å². The van der Waals surface area contributed by atoms with Gasteiger partial charge in [-0.2, -0.15) is 10.5 Å². The maximum absolute atomic E-state index is 14.1. The molecule has 1 aromatic heterocycles. The highest BCUT2D eigenvalue weighted by Crippen LogP contribution is 2.70. The third-order valence-corrected chi connectivity index (χ3v) is 7.87. The Balaban J connectivity index is 1.92. The summed E-state index contributed by atoms with van der Waals surface area (Å²) >= 11 is 0. The summed E-state index contributed by atoms with van der Waals surface area (Å²) in [5.74, 6) is -0.144. The van der Waals surface area contributed by atoms with Crippen LogP contribution in [-0.4, -0.2) is 38.8 Å². The van der Waals surface area contributed by atoms with Crippen molar-refractivity contribution in [3.8, 4) is 12.1 Å². The van der Waals surface area contributed by atoms with Gasteiger partial charge < -0.3 is 4.90 Å². The van der Waals surface area contributed by atoms with Crippen molar-refractivity contribution in [2.24, 2.45) is 5.41 Å². The van der Waals surface area contributed by atoms with E-state index >= 15 is 0 Å². The monoisotopic (exact) mass is 432 g/mol. The van der Waals surface area contributed by atoms with Crippen molar-refractivity contribution in [1.29, 1.82) is 10.5 Å². The van der Waals surface area contributed by atoms with Crippen molar-refractivity contribution in [3.05, 3.63) is 39.7 Å². The van der Waals surface area contributed by atoms with Crippen molar-refractivity contribution >= 4 is 22.6 Å². The zero-order valence-electron chi connectivity index (χ0n) is 18.4.